The number of rotatable bonds is 4. The van der Waals surface area contributed by atoms with Crippen LogP contribution in [0.25, 0.3) is 0 Å². The summed E-state index contributed by atoms with van der Waals surface area (Å²) in [5.74, 6) is -0.784. The number of amides is 3. The Kier molecular flexibility index (Phi) is 5.41. The van der Waals surface area contributed by atoms with E-state index in [2.05, 4.69) is 10.3 Å². The summed E-state index contributed by atoms with van der Waals surface area (Å²) in [5, 5.41) is 4.45. The summed E-state index contributed by atoms with van der Waals surface area (Å²) in [4.78, 5) is 29.3. The zero-order valence-corrected chi connectivity index (χ0v) is 12.3. The molecule has 1 aliphatic rings. The number of hydrogen-bond acceptors (Lipinski definition) is 3. The lowest BCUT2D eigenvalue weighted by Crippen LogP contribution is -2.50. The fourth-order valence-electron chi connectivity index (χ4n) is 2.36. The van der Waals surface area contributed by atoms with Gasteiger partial charge in [-0.3, -0.25) is 9.78 Å². The van der Waals surface area contributed by atoms with Gasteiger partial charge in [0, 0.05) is 12.7 Å². The summed E-state index contributed by atoms with van der Waals surface area (Å²) in [6.07, 6.45) is -1.97. The van der Waals surface area contributed by atoms with Gasteiger partial charge in [-0.05, 0) is 25.0 Å². The zero-order valence-electron chi connectivity index (χ0n) is 12.3. The Morgan fingerprint density at radius 1 is 1.30 bits per heavy atom. The first-order chi connectivity index (χ1) is 10.9. The molecule has 9 heteroatoms. The van der Waals surface area contributed by atoms with Crippen LogP contribution in [-0.4, -0.2) is 47.1 Å². The van der Waals surface area contributed by atoms with Crippen molar-refractivity contribution in [1.29, 1.82) is 0 Å². The molecule has 2 heterocycles. The van der Waals surface area contributed by atoms with Gasteiger partial charge in [0.15, 0.2) is 0 Å². The van der Waals surface area contributed by atoms with Crippen LogP contribution in [0.15, 0.2) is 24.4 Å². The van der Waals surface area contributed by atoms with E-state index in [9.17, 15) is 22.8 Å². The van der Waals surface area contributed by atoms with E-state index in [1.165, 1.54) is 4.90 Å². The van der Waals surface area contributed by atoms with E-state index in [1.807, 2.05) is 5.32 Å². The third kappa shape index (κ3) is 5.11. The standard InChI is InChI=1S/C14H17F3N4O2/c15-14(16,17)9-20-12(22)11-5-3-7-21(11)13(23)19-8-10-4-1-2-6-18-10/h1-2,4,6,11H,3,5,7-9H2,(H,19,23)(H,20,22). The molecule has 1 unspecified atom stereocenters. The van der Waals surface area contributed by atoms with Crippen LogP contribution in [0.3, 0.4) is 0 Å². The van der Waals surface area contributed by atoms with Crippen molar-refractivity contribution >= 4 is 11.9 Å². The van der Waals surface area contributed by atoms with Crippen LogP contribution in [0.2, 0.25) is 0 Å². The first-order valence-corrected chi connectivity index (χ1v) is 7.15. The van der Waals surface area contributed by atoms with Gasteiger partial charge in [0.25, 0.3) is 0 Å². The molecule has 0 bridgehead atoms. The summed E-state index contributed by atoms with van der Waals surface area (Å²) in [7, 11) is 0. The van der Waals surface area contributed by atoms with Gasteiger partial charge in [-0.1, -0.05) is 6.07 Å². The highest BCUT2D eigenvalue weighted by atomic mass is 19.4. The van der Waals surface area contributed by atoms with E-state index in [-0.39, 0.29) is 6.54 Å². The molecule has 3 amide bonds. The van der Waals surface area contributed by atoms with Crippen molar-refractivity contribution in [1.82, 2.24) is 20.5 Å². The predicted molar refractivity (Wildman–Crippen MR) is 75.3 cm³/mol. The maximum absolute atomic E-state index is 12.2. The summed E-state index contributed by atoms with van der Waals surface area (Å²) >= 11 is 0. The van der Waals surface area contributed by atoms with Gasteiger partial charge in [-0.2, -0.15) is 13.2 Å². The van der Waals surface area contributed by atoms with E-state index in [0.29, 0.717) is 25.1 Å². The van der Waals surface area contributed by atoms with Crippen LogP contribution < -0.4 is 10.6 Å². The Labute approximate surface area is 131 Å². The molecular formula is C14H17F3N4O2. The molecule has 2 N–H and O–H groups in total. The second-order valence-corrected chi connectivity index (χ2v) is 5.16. The van der Waals surface area contributed by atoms with Crippen molar-refractivity contribution in [2.75, 3.05) is 13.1 Å². The van der Waals surface area contributed by atoms with E-state index in [1.54, 1.807) is 24.4 Å². The first kappa shape index (κ1) is 17.0. The summed E-state index contributed by atoms with van der Waals surface area (Å²) in [5.41, 5.74) is 0.651. The molecule has 1 fully saturated rings. The summed E-state index contributed by atoms with van der Waals surface area (Å²) in [6.45, 7) is -0.878. The van der Waals surface area contributed by atoms with E-state index in [4.69, 9.17) is 0 Å². The van der Waals surface area contributed by atoms with Gasteiger partial charge in [0.1, 0.15) is 12.6 Å². The molecule has 0 spiro atoms. The second-order valence-electron chi connectivity index (χ2n) is 5.16. The molecule has 0 aromatic carbocycles. The van der Waals surface area contributed by atoms with Crippen LogP contribution in [0, 0.1) is 0 Å². The number of carbonyl (C=O) groups excluding carboxylic acids is 2. The van der Waals surface area contributed by atoms with Crippen LogP contribution in [0.4, 0.5) is 18.0 Å². The van der Waals surface area contributed by atoms with E-state index < -0.39 is 30.7 Å². The number of carbonyl (C=O) groups is 2. The van der Waals surface area contributed by atoms with Gasteiger partial charge in [-0.25, -0.2) is 4.79 Å². The molecule has 1 aromatic heterocycles. The number of nitrogens with one attached hydrogen (secondary N) is 2. The number of alkyl halides is 3. The van der Waals surface area contributed by atoms with Crippen molar-refractivity contribution in [2.45, 2.75) is 31.6 Å². The van der Waals surface area contributed by atoms with Crippen molar-refractivity contribution in [3.8, 4) is 0 Å². The monoisotopic (exact) mass is 330 g/mol. The summed E-state index contributed by atoms with van der Waals surface area (Å²) in [6, 6.07) is 3.89. The highest BCUT2D eigenvalue weighted by Crippen LogP contribution is 2.18. The number of halogens is 3. The minimum atomic E-state index is -4.47. The molecule has 0 aliphatic carbocycles. The molecule has 126 valence electrons. The molecule has 0 saturated carbocycles. The van der Waals surface area contributed by atoms with Crippen LogP contribution >= 0.6 is 0 Å². The van der Waals surface area contributed by atoms with Crippen LogP contribution in [0.1, 0.15) is 18.5 Å². The third-order valence-electron chi connectivity index (χ3n) is 3.43. The predicted octanol–water partition coefficient (Wildman–Crippen LogP) is 1.43. The smallest absolute Gasteiger partial charge is 0.345 e. The topological polar surface area (TPSA) is 74.3 Å². The molecule has 6 nitrogen and oxygen atoms in total. The Balaban J connectivity index is 1.87. The highest BCUT2D eigenvalue weighted by molar-refractivity contribution is 5.87. The lowest BCUT2D eigenvalue weighted by molar-refractivity contribution is -0.140. The Hall–Kier alpha value is -2.32. The SMILES string of the molecule is O=C(NCC(F)(F)F)C1CCCN1C(=O)NCc1ccccn1. The molecular weight excluding hydrogens is 313 g/mol. The fraction of sp³-hybridized carbons (Fsp3) is 0.500. The van der Waals surface area contributed by atoms with Gasteiger partial charge in [0.05, 0.1) is 12.2 Å². The first-order valence-electron chi connectivity index (χ1n) is 7.15. The maximum Gasteiger partial charge on any atom is 0.405 e. The molecule has 1 saturated heterocycles. The quantitative estimate of drug-likeness (QED) is 0.877. The average molecular weight is 330 g/mol. The lowest BCUT2D eigenvalue weighted by atomic mass is 10.2. The number of aromatic nitrogens is 1. The minimum absolute atomic E-state index is 0.188. The number of nitrogens with zero attached hydrogens (tertiary/aromatic N) is 2. The second kappa shape index (κ2) is 7.30. The maximum atomic E-state index is 12.2. The Bertz CT molecular complexity index is 551. The van der Waals surface area contributed by atoms with Crippen molar-refractivity contribution < 1.29 is 22.8 Å². The average Bonchev–Trinajstić information content (AvgIpc) is 3.00. The van der Waals surface area contributed by atoms with E-state index in [0.717, 1.165) is 0 Å². The summed E-state index contributed by atoms with van der Waals surface area (Å²) < 4.78 is 36.5. The Morgan fingerprint density at radius 2 is 2.09 bits per heavy atom. The fourth-order valence-corrected chi connectivity index (χ4v) is 2.36. The number of hydrogen-bond donors (Lipinski definition) is 2. The van der Waals surface area contributed by atoms with E-state index >= 15 is 0 Å². The number of urea groups is 1. The van der Waals surface area contributed by atoms with Crippen molar-refractivity contribution in [3.05, 3.63) is 30.1 Å². The van der Waals surface area contributed by atoms with Crippen LogP contribution in [0.5, 0.6) is 0 Å². The number of likely N-dealkylation sites (tertiary alicyclic amines) is 1. The normalized spacial score (nSPS) is 17.9. The molecule has 1 atom stereocenters. The van der Waals surface area contributed by atoms with Gasteiger partial charge in [-0.15, -0.1) is 0 Å². The van der Waals surface area contributed by atoms with Gasteiger partial charge >= 0.3 is 12.2 Å². The van der Waals surface area contributed by atoms with Gasteiger partial charge in [0.2, 0.25) is 5.91 Å². The molecule has 23 heavy (non-hydrogen) atoms. The zero-order chi connectivity index (χ0) is 16.9. The van der Waals surface area contributed by atoms with Gasteiger partial charge < -0.3 is 15.5 Å². The largest absolute Gasteiger partial charge is 0.405 e. The lowest BCUT2D eigenvalue weighted by Gasteiger charge is -2.24. The molecule has 0 radical (unpaired) electrons. The highest BCUT2D eigenvalue weighted by Gasteiger charge is 2.36. The third-order valence-corrected chi connectivity index (χ3v) is 3.43. The minimum Gasteiger partial charge on any atom is -0.345 e. The molecule has 2 rings (SSSR count). The Morgan fingerprint density at radius 3 is 2.74 bits per heavy atom. The van der Waals surface area contributed by atoms with Crippen molar-refractivity contribution in [2.24, 2.45) is 0 Å². The van der Waals surface area contributed by atoms with Crippen molar-refractivity contribution in [3.63, 3.8) is 0 Å². The molecule has 1 aromatic rings. The molecule has 1 aliphatic heterocycles. The number of pyridine rings is 1. The van der Waals surface area contributed by atoms with Crippen LogP contribution in [-0.2, 0) is 11.3 Å².